The van der Waals surface area contributed by atoms with Gasteiger partial charge in [0, 0.05) is 30.1 Å². The maximum Gasteiger partial charge on any atom is 0.150 e. The summed E-state index contributed by atoms with van der Waals surface area (Å²) in [5, 5.41) is 27.3. The zero-order valence-corrected chi connectivity index (χ0v) is 24.8. The molecule has 0 fully saturated rings. The van der Waals surface area contributed by atoms with Crippen molar-refractivity contribution in [2.45, 2.75) is 91.4 Å². The summed E-state index contributed by atoms with van der Waals surface area (Å²) in [6.45, 7) is 17.1. The van der Waals surface area contributed by atoms with Gasteiger partial charge in [-0.15, -0.1) is 0 Å². The maximum atomic E-state index is 9.79. The summed E-state index contributed by atoms with van der Waals surface area (Å²) in [4.78, 5) is 2.59. The van der Waals surface area contributed by atoms with Crippen LogP contribution >= 0.6 is 0 Å². The van der Waals surface area contributed by atoms with E-state index in [1.807, 2.05) is 18.2 Å². The van der Waals surface area contributed by atoms with Crippen LogP contribution in [0, 0.1) is 44.8 Å². The number of allylic oxidation sites excluding steroid dienone is 4. The number of nitrogens with one attached hydrogen (secondary N) is 1. The van der Waals surface area contributed by atoms with Crippen molar-refractivity contribution in [2.75, 3.05) is 18.0 Å². The highest BCUT2D eigenvalue weighted by molar-refractivity contribution is 5.72. The molecule has 5 heteroatoms. The Morgan fingerprint density at radius 2 is 1.72 bits per heavy atom. The Morgan fingerprint density at radius 3 is 2.33 bits per heavy atom. The zero-order valence-electron chi connectivity index (χ0n) is 24.8. The Balaban J connectivity index is 1.81. The summed E-state index contributed by atoms with van der Waals surface area (Å²) >= 11 is 0. The molecule has 1 aromatic carbocycles. The molecule has 0 bridgehead atoms. The zero-order chi connectivity index (χ0) is 28.6. The number of rotatable bonds is 7. The van der Waals surface area contributed by atoms with E-state index in [0.29, 0.717) is 5.76 Å². The van der Waals surface area contributed by atoms with Gasteiger partial charge >= 0.3 is 0 Å². The first-order valence-electron chi connectivity index (χ1n) is 14.4. The standard InChI is InChI=1S/C34H44N4O/c1-8-34(12-9-15-35)14-17-38-16-13-32(5,6)27-18-24(19-28(34)30(27)38)10-11-26-20-25(33(7,22-36)23-37)21-29(39-26)31(2,3)4/h10-11,15,18-21,25,35H,8-9,12-14,16-17H2,1-7H3/b11-10+,35-15?. The molecule has 0 saturated carbocycles. The van der Waals surface area contributed by atoms with Crippen molar-refractivity contribution in [3.05, 3.63) is 58.6 Å². The van der Waals surface area contributed by atoms with Gasteiger partial charge in [-0.3, -0.25) is 0 Å². The Bertz CT molecular complexity index is 1300. The topological polar surface area (TPSA) is 83.9 Å². The van der Waals surface area contributed by atoms with Gasteiger partial charge in [-0.25, -0.2) is 0 Å². The lowest BCUT2D eigenvalue weighted by atomic mass is 9.65. The highest BCUT2D eigenvalue weighted by atomic mass is 16.5. The summed E-state index contributed by atoms with van der Waals surface area (Å²) in [6.07, 6.45) is 14.6. The van der Waals surface area contributed by atoms with Crippen molar-refractivity contribution < 1.29 is 4.74 Å². The lowest BCUT2D eigenvalue weighted by molar-refractivity contribution is 0.208. The van der Waals surface area contributed by atoms with Crippen molar-refractivity contribution in [1.82, 2.24) is 0 Å². The van der Waals surface area contributed by atoms with E-state index in [2.05, 4.69) is 76.8 Å². The maximum absolute atomic E-state index is 9.79. The molecule has 2 unspecified atom stereocenters. The molecule has 0 aliphatic carbocycles. The van der Waals surface area contributed by atoms with Gasteiger partial charge in [0.1, 0.15) is 11.5 Å². The molecular weight excluding hydrogens is 480 g/mol. The van der Waals surface area contributed by atoms with Gasteiger partial charge in [-0.1, -0.05) is 47.6 Å². The lowest BCUT2D eigenvalue weighted by Gasteiger charge is -2.50. The molecule has 3 aliphatic rings. The van der Waals surface area contributed by atoms with Crippen LogP contribution in [-0.4, -0.2) is 19.3 Å². The molecule has 206 valence electrons. The third-order valence-corrected chi connectivity index (χ3v) is 9.27. The molecule has 0 spiro atoms. The van der Waals surface area contributed by atoms with Crippen molar-refractivity contribution in [3.63, 3.8) is 0 Å². The fourth-order valence-electron chi connectivity index (χ4n) is 6.30. The first-order valence-corrected chi connectivity index (χ1v) is 14.4. The fraction of sp³-hybridized carbons (Fsp3) is 0.559. The second kappa shape index (κ2) is 10.3. The van der Waals surface area contributed by atoms with Gasteiger partial charge in [-0.2, -0.15) is 10.5 Å². The average Bonchev–Trinajstić information content (AvgIpc) is 2.92. The van der Waals surface area contributed by atoms with Gasteiger partial charge in [0.25, 0.3) is 0 Å². The molecule has 1 aromatic rings. The van der Waals surface area contributed by atoms with Crippen molar-refractivity contribution in [2.24, 2.45) is 16.7 Å². The van der Waals surface area contributed by atoms with E-state index in [-0.39, 0.29) is 22.2 Å². The van der Waals surface area contributed by atoms with Gasteiger partial charge in [0.05, 0.1) is 12.1 Å². The van der Waals surface area contributed by atoms with E-state index in [0.717, 1.165) is 56.5 Å². The Labute approximate surface area is 235 Å². The first kappa shape index (κ1) is 28.7. The first-order chi connectivity index (χ1) is 18.3. The van der Waals surface area contributed by atoms with E-state index in [1.165, 1.54) is 16.8 Å². The number of benzene rings is 1. The summed E-state index contributed by atoms with van der Waals surface area (Å²) < 4.78 is 6.32. The van der Waals surface area contributed by atoms with Gasteiger partial charge in [-0.05, 0) is 103 Å². The number of nitrogens with zero attached hydrogens (tertiary/aromatic N) is 3. The summed E-state index contributed by atoms with van der Waals surface area (Å²) in [6, 6.07) is 9.14. The number of ether oxygens (including phenoxy) is 1. The van der Waals surface area contributed by atoms with Crippen LogP contribution in [0.15, 0.2) is 41.9 Å². The number of nitriles is 2. The number of anilines is 1. The molecule has 2 atom stereocenters. The highest BCUT2D eigenvalue weighted by Gasteiger charge is 2.43. The van der Waals surface area contributed by atoms with E-state index in [9.17, 15) is 10.5 Å². The van der Waals surface area contributed by atoms with Crippen LogP contribution in [0.25, 0.3) is 6.08 Å². The normalized spacial score (nSPS) is 24.1. The minimum atomic E-state index is -1.17. The molecule has 1 N–H and O–H groups in total. The summed E-state index contributed by atoms with van der Waals surface area (Å²) in [7, 11) is 0. The van der Waals surface area contributed by atoms with E-state index in [1.54, 1.807) is 13.1 Å². The minimum Gasteiger partial charge on any atom is -0.462 e. The van der Waals surface area contributed by atoms with Crippen molar-refractivity contribution >= 4 is 18.0 Å². The minimum absolute atomic E-state index is 0.0741. The molecule has 4 rings (SSSR count). The van der Waals surface area contributed by atoms with E-state index < -0.39 is 5.41 Å². The van der Waals surface area contributed by atoms with Crippen LogP contribution in [0.5, 0.6) is 0 Å². The molecule has 3 heterocycles. The van der Waals surface area contributed by atoms with Gasteiger partial charge < -0.3 is 15.0 Å². The predicted molar refractivity (Wildman–Crippen MR) is 159 cm³/mol. The van der Waals surface area contributed by atoms with Crippen LogP contribution in [0.3, 0.4) is 0 Å². The van der Waals surface area contributed by atoms with Crippen LogP contribution in [0.4, 0.5) is 5.69 Å². The largest absolute Gasteiger partial charge is 0.462 e. The smallest absolute Gasteiger partial charge is 0.150 e. The van der Waals surface area contributed by atoms with Crippen LogP contribution in [-0.2, 0) is 15.6 Å². The average molecular weight is 525 g/mol. The number of hydrogen-bond acceptors (Lipinski definition) is 5. The van der Waals surface area contributed by atoms with Crippen LogP contribution < -0.4 is 4.90 Å². The highest BCUT2D eigenvalue weighted by Crippen LogP contribution is 2.52. The van der Waals surface area contributed by atoms with Crippen LogP contribution in [0.1, 0.15) is 97.3 Å². The van der Waals surface area contributed by atoms with Crippen molar-refractivity contribution in [1.29, 1.82) is 15.9 Å². The third kappa shape index (κ3) is 5.29. The third-order valence-electron chi connectivity index (χ3n) is 9.27. The Hall–Kier alpha value is -3.31. The van der Waals surface area contributed by atoms with Crippen LogP contribution in [0.2, 0.25) is 0 Å². The number of hydrogen-bond donors (Lipinski definition) is 1. The SMILES string of the molecule is CCC1(CCC=N)CCN2CCC(C)(C)c3cc(/C=C/C4=CC(C(C)(C#N)C#N)C=C(C(C)(C)C)O4)cc1c32. The predicted octanol–water partition coefficient (Wildman–Crippen LogP) is 8.18. The van der Waals surface area contributed by atoms with E-state index in [4.69, 9.17) is 10.1 Å². The second-order valence-corrected chi connectivity index (χ2v) is 13.4. The molecule has 0 amide bonds. The Morgan fingerprint density at radius 1 is 1.05 bits per heavy atom. The van der Waals surface area contributed by atoms with Crippen molar-refractivity contribution in [3.8, 4) is 12.1 Å². The van der Waals surface area contributed by atoms with E-state index >= 15 is 0 Å². The molecular formula is C34H44N4O. The molecule has 0 saturated heterocycles. The molecule has 0 aromatic heterocycles. The van der Waals surface area contributed by atoms with Gasteiger partial charge in [0.15, 0.2) is 5.41 Å². The Kier molecular flexibility index (Phi) is 7.61. The van der Waals surface area contributed by atoms with Gasteiger partial charge in [0.2, 0.25) is 0 Å². The summed E-state index contributed by atoms with van der Waals surface area (Å²) in [5.41, 5.74) is 4.14. The monoisotopic (exact) mass is 524 g/mol. The molecule has 5 nitrogen and oxygen atoms in total. The quantitative estimate of drug-likeness (QED) is 0.364. The summed E-state index contributed by atoms with van der Waals surface area (Å²) in [5.74, 6) is 1.09. The molecule has 0 radical (unpaired) electrons. The fourth-order valence-corrected chi connectivity index (χ4v) is 6.30. The lowest BCUT2D eigenvalue weighted by Crippen LogP contribution is -2.46. The molecule has 3 aliphatic heterocycles. The second-order valence-electron chi connectivity index (χ2n) is 13.4. The molecule has 39 heavy (non-hydrogen) atoms.